The number of benzene rings is 4. The van der Waals surface area contributed by atoms with E-state index in [4.69, 9.17) is 0 Å². The van der Waals surface area contributed by atoms with Gasteiger partial charge in [-0.25, -0.2) is 0 Å². The number of hydrogen-bond acceptors (Lipinski definition) is 1. The Morgan fingerprint density at radius 3 is 1.65 bits per heavy atom. The summed E-state index contributed by atoms with van der Waals surface area (Å²) in [6.45, 7) is 6.74. The number of thioether (sulfide) groups is 1. The molecule has 0 aromatic heterocycles. The number of allylic oxidation sites excluding steroid dienone is 6. The van der Waals surface area contributed by atoms with Crippen molar-refractivity contribution in [2.75, 3.05) is 0 Å². The highest BCUT2D eigenvalue weighted by Crippen LogP contribution is 2.59. The van der Waals surface area contributed by atoms with Crippen molar-refractivity contribution in [1.82, 2.24) is 0 Å². The van der Waals surface area contributed by atoms with Crippen molar-refractivity contribution in [2.24, 2.45) is 0 Å². The van der Waals surface area contributed by atoms with E-state index >= 15 is 0 Å². The summed E-state index contributed by atoms with van der Waals surface area (Å²) >= 11 is 1.95. The molecule has 0 fully saturated rings. The molecule has 0 spiro atoms. The topological polar surface area (TPSA) is 0 Å². The van der Waals surface area contributed by atoms with Crippen LogP contribution in [0, 0.1) is 6.92 Å². The third kappa shape index (κ3) is 4.19. The Balaban J connectivity index is 1.42. The Bertz CT molecular complexity index is 1700. The van der Waals surface area contributed by atoms with E-state index < -0.39 is 0 Å². The monoisotopic (exact) mass is 562 g/mol. The number of aryl methyl sites for hydroxylation is 1. The van der Waals surface area contributed by atoms with Gasteiger partial charge in [0.25, 0.3) is 0 Å². The van der Waals surface area contributed by atoms with Crippen LogP contribution >= 0.6 is 11.8 Å². The van der Waals surface area contributed by atoms with Gasteiger partial charge in [-0.3, -0.25) is 0 Å². The minimum Gasteiger partial charge on any atom is -0.123 e. The molecule has 40 heavy (non-hydrogen) atoms. The number of hydrogen-bond donors (Lipinski definition) is 0. The largest absolute Gasteiger partial charge is 0.123 e. The van der Waals surface area contributed by atoms with E-state index in [1.807, 2.05) is 11.8 Å². The van der Waals surface area contributed by atoms with Gasteiger partial charge in [0.2, 0.25) is 0 Å². The second-order valence-electron chi connectivity index (χ2n) is 11.0. The normalized spacial score (nSPS) is 17.3. The molecule has 0 nitrogen and oxygen atoms in total. The molecule has 7 rings (SSSR count). The molecule has 0 saturated carbocycles. The van der Waals surface area contributed by atoms with Gasteiger partial charge in [-0.1, -0.05) is 149 Å². The lowest BCUT2D eigenvalue weighted by molar-refractivity contribution is 0.759. The van der Waals surface area contributed by atoms with E-state index in [1.165, 1.54) is 54.3 Å². The molecule has 0 atom stereocenters. The van der Waals surface area contributed by atoms with E-state index in [1.54, 1.807) is 10.4 Å². The van der Waals surface area contributed by atoms with Crippen molar-refractivity contribution in [3.8, 4) is 0 Å². The molecule has 3 heteroatoms. The molecular formula is C37H30SSi2. The fraction of sp³-hybridized carbons (Fsp3) is 0.135. The van der Waals surface area contributed by atoms with Crippen molar-refractivity contribution >= 4 is 41.2 Å². The van der Waals surface area contributed by atoms with Crippen LogP contribution in [0.5, 0.6) is 0 Å². The summed E-state index contributed by atoms with van der Waals surface area (Å²) in [6, 6.07) is 40.7. The van der Waals surface area contributed by atoms with Crippen molar-refractivity contribution in [3.05, 3.63) is 171 Å². The van der Waals surface area contributed by atoms with E-state index in [0.717, 1.165) is 0 Å². The van der Waals surface area contributed by atoms with Gasteiger partial charge >= 0.3 is 0 Å². The highest BCUT2D eigenvalue weighted by molar-refractivity contribution is 7.99. The predicted molar refractivity (Wildman–Crippen MR) is 174 cm³/mol. The molecule has 1 aliphatic carbocycles. The molecule has 4 aromatic carbocycles. The first-order valence-corrected chi connectivity index (χ1v) is 16.8. The van der Waals surface area contributed by atoms with E-state index in [0.29, 0.717) is 24.3 Å². The van der Waals surface area contributed by atoms with Gasteiger partial charge in [0, 0.05) is 10.1 Å². The minimum atomic E-state index is -0.301. The Kier molecular flexibility index (Phi) is 6.54. The van der Waals surface area contributed by atoms with Gasteiger partial charge in [-0.15, -0.1) is 11.8 Å². The minimum absolute atomic E-state index is 0.301. The fourth-order valence-electron chi connectivity index (χ4n) is 6.34. The SMILES string of the molecule is Cc1cccc(C2=CC3=C([Si]2)C2=C(C=C(c4cccc(SC(C)C)c4)[Si]2)C3(c2ccccc2)c2ccccc2)c1. The average Bonchev–Trinajstić information content (AvgIpc) is 3.65. The molecule has 0 saturated heterocycles. The summed E-state index contributed by atoms with van der Waals surface area (Å²) in [7, 11) is 1.34. The van der Waals surface area contributed by atoms with Crippen LogP contribution in [-0.2, 0) is 5.41 Å². The standard InChI is InChI=1S/C37H30SSi2/c1-24(2)38-30-19-11-14-27(21-30)34-23-32-36(40-34)35-31(22-33(39-35)26-13-10-12-25(3)20-26)37(32,28-15-6-4-7-16-28)29-17-8-5-9-18-29/h4-24H,1-3H3. The Hall–Kier alpha value is -3.38. The van der Waals surface area contributed by atoms with E-state index in [9.17, 15) is 0 Å². The van der Waals surface area contributed by atoms with Crippen molar-refractivity contribution in [2.45, 2.75) is 36.3 Å². The molecule has 2 aliphatic heterocycles. The first kappa shape index (κ1) is 25.6. The van der Waals surface area contributed by atoms with E-state index in [2.05, 4.69) is 142 Å². The maximum absolute atomic E-state index is 2.55. The molecule has 0 amide bonds. The van der Waals surface area contributed by atoms with Crippen LogP contribution in [0.4, 0.5) is 0 Å². The quantitative estimate of drug-likeness (QED) is 0.167. The summed E-state index contributed by atoms with van der Waals surface area (Å²) in [4.78, 5) is 1.36. The summed E-state index contributed by atoms with van der Waals surface area (Å²) < 4.78 is 0. The molecule has 2 heterocycles. The van der Waals surface area contributed by atoms with Crippen LogP contribution in [0.2, 0.25) is 0 Å². The van der Waals surface area contributed by atoms with Crippen molar-refractivity contribution in [1.29, 1.82) is 0 Å². The summed E-state index contributed by atoms with van der Waals surface area (Å²) in [5.41, 5.74) is 9.42. The first-order chi connectivity index (χ1) is 19.5. The molecular weight excluding hydrogens is 533 g/mol. The third-order valence-electron chi connectivity index (χ3n) is 7.95. The van der Waals surface area contributed by atoms with Gasteiger partial charge in [-0.05, 0) is 52.5 Å². The molecule has 0 unspecified atom stereocenters. The molecule has 192 valence electrons. The lowest BCUT2D eigenvalue weighted by atomic mass is 9.66. The smallest absolute Gasteiger partial charge is 0.122 e. The van der Waals surface area contributed by atoms with Gasteiger partial charge in [0.1, 0.15) is 19.0 Å². The Morgan fingerprint density at radius 1 is 0.600 bits per heavy atom. The van der Waals surface area contributed by atoms with Gasteiger partial charge in [0.15, 0.2) is 0 Å². The van der Waals surface area contributed by atoms with Crippen LogP contribution in [0.25, 0.3) is 10.4 Å². The first-order valence-electron chi connectivity index (χ1n) is 14.0. The van der Waals surface area contributed by atoms with Crippen LogP contribution in [0.15, 0.2) is 148 Å². The second kappa shape index (κ2) is 10.2. The Labute approximate surface area is 247 Å². The van der Waals surface area contributed by atoms with E-state index in [-0.39, 0.29) is 5.41 Å². The predicted octanol–water partition coefficient (Wildman–Crippen LogP) is 8.82. The highest BCUT2D eigenvalue weighted by atomic mass is 32.2. The molecule has 4 aromatic rings. The van der Waals surface area contributed by atoms with Crippen LogP contribution < -0.4 is 0 Å². The van der Waals surface area contributed by atoms with Crippen molar-refractivity contribution in [3.63, 3.8) is 0 Å². The number of rotatable bonds is 6. The van der Waals surface area contributed by atoms with Crippen LogP contribution in [0.3, 0.4) is 0 Å². The molecule has 4 radical (unpaired) electrons. The molecule has 0 bridgehead atoms. The lowest BCUT2D eigenvalue weighted by Crippen LogP contribution is -2.29. The van der Waals surface area contributed by atoms with Gasteiger partial charge in [0.05, 0.1) is 5.41 Å². The molecule has 0 N–H and O–H groups in total. The van der Waals surface area contributed by atoms with Crippen molar-refractivity contribution < 1.29 is 0 Å². The zero-order chi connectivity index (χ0) is 27.3. The number of fused-ring (bicyclic) bond motifs is 1. The van der Waals surface area contributed by atoms with Crippen LogP contribution in [-0.4, -0.2) is 24.3 Å². The average molecular weight is 563 g/mol. The lowest BCUT2D eigenvalue weighted by Gasteiger charge is -2.35. The fourth-order valence-corrected chi connectivity index (χ4v) is 10.5. The summed E-state index contributed by atoms with van der Waals surface area (Å²) in [5.74, 6) is 0. The third-order valence-corrected chi connectivity index (χ3v) is 12.1. The maximum atomic E-state index is 2.55. The zero-order valence-electron chi connectivity index (χ0n) is 23.0. The zero-order valence-corrected chi connectivity index (χ0v) is 25.8. The summed E-state index contributed by atoms with van der Waals surface area (Å²) in [5, 5.41) is 6.63. The molecule has 3 aliphatic rings. The Morgan fingerprint density at radius 2 is 1.12 bits per heavy atom. The highest BCUT2D eigenvalue weighted by Gasteiger charge is 2.51. The second-order valence-corrected chi connectivity index (χ2v) is 15.2. The van der Waals surface area contributed by atoms with Crippen LogP contribution in [0.1, 0.15) is 41.7 Å². The summed E-state index contributed by atoms with van der Waals surface area (Å²) in [6.07, 6.45) is 5.09. The maximum Gasteiger partial charge on any atom is 0.122 e. The van der Waals surface area contributed by atoms with Gasteiger partial charge < -0.3 is 0 Å². The van der Waals surface area contributed by atoms with Gasteiger partial charge in [-0.2, -0.15) is 0 Å².